The van der Waals surface area contributed by atoms with E-state index in [1.165, 1.54) is 7.11 Å². The highest BCUT2D eigenvalue weighted by molar-refractivity contribution is 5.69. The van der Waals surface area contributed by atoms with Crippen LogP contribution in [0.4, 0.5) is 0 Å². The highest BCUT2D eigenvalue weighted by atomic mass is 16.5. The Morgan fingerprint density at radius 1 is 1.00 bits per heavy atom. The van der Waals surface area contributed by atoms with Crippen molar-refractivity contribution in [3.63, 3.8) is 0 Å². The van der Waals surface area contributed by atoms with Crippen LogP contribution < -0.4 is 0 Å². The molecule has 0 aromatic heterocycles. The van der Waals surface area contributed by atoms with Crippen molar-refractivity contribution in [3.8, 4) is 0 Å². The van der Waals surface area contributed by atoms with E-state index in [1.54, 1.807) is 0 Å². The van der Waals surface area contributed by atoms with Crippen molar-refractivity contribution in [3.05, 3.63) is 0 Å². The molecule has 0 aromatic rings. The molecule has 1 heterocycles. The molecular formula is C12H23NO5. The number of methoxy groups -OCH3 is 1. The quantitative estimate of drug-likeness (QED) is 0.662. The largest absolute Gasteiger partial charge is 0.469 e. The fraction of sp³-hybridized carbons (Fsp3) is 0.917. The van der Waals surface area contributed by atoms with E-state index < -0.39 is 0 Å². The third kappa shape index (κ3) is 7.60. The highest BCUT2D eigenvalue weighted by Crippen LogP contribution is 1.96. The summed E-state index contributed by atoms with van der Waals surface area (Å²) in [5.74, 6) is -0.184. The van der Waals surface area contributed by atoms with Gasteiger partial charge in [0.2, 0.25) is 0 Å². The van der Waals surface area contributed by atoms with Crippen LogP contribution in [0.3, 0.4) is 0 Å². The van der Waals surface area contributed by atoms with Crippen molar-refractivity contribution < 1.29 is 23.7 Å². The van der Waals surface area contributed by atoms with Gasteiger partial charge < -0.3 is 18.9 Å². The molecule has 1 saturated heterocycles. The van der Waals surface area contributed by atoms with Crippen molar-refractivity contribution in [2.75, 3.05) is 66.4 Å². The number of ether oxygens (including phenoxy) is 4. The molecule has 6 heteroatoms. The van der Waals surface area contributed by atoms with E-state index >= 15 is 0 Å². The molecular weight excluding hydrogens is 238 g/mol. The summed E-state index contributed by atoms with van der Waals surface area (Å²) in [6.45, 7) is 5.96. The molecule has 1 aliphatic heterocycles. The predicted octanol–water partition coefficient (Wildman–Crippen LogP) is -0.0851. The first-order valence-electron chi connectivity index (χ1n) is 6.35. The lowest BCUT2D eigenvalue weighted by molar-refractivity contribution is -0.141. The Morgan fingerprint density at radius 2 is 1.50 bits per heavy atom. The Bertz CT molecular complexity index is 213. The first-order valence-corrected chi connectivity index (χ1v) is 6.35. The van der Waals surface area contributed by atoms with Crippen LogP contribution in [-0.2, 0) is 23.7 Å². The lowest BCUT2D eigenvalue weighted by atomic mass is 10.3. The molecule has 0 saturated carbocycles. The molecule has 106 valence electrons. The van der Waals surface area contributed by atoms with Gasteiger partial charge in [-0.1, -0.05) is 0 Å². The van der Waals surface area contributed by atoms with Crippen molar-refractivity contribution in [1.29, 1.82) is 0 Å². The molecule has 1 aliphatic rings. The topological polar surface area (TPSA) is 57.2 Å². The minimum absolute atomic E-state index is 0.184. The highest BCUT2D eigenvalue weighted by Gasteiger charge is 2.09. The Balaban J connectivity index is 2.25. The van der Waals surface area contributed by atoms with Crippen LogP contribution in [0.2, 0.25) is 0 Å². The zero-order chi connectivity index (χ0) is 13.1. The summed E-state index contributed by atoms with van der Waals surface area (Å²) >= 11 is 0. The van der Waals surface area contributed by atoms with Gasteiger partial charge in [-0.25, -0.2) is 0 Å². The van der Waals surface area contributed by atoms with E-state index in [0.29, 0.717) is 52.6 Å². The molecule has 6 nitrogen and oxygen atoms in total. The average Bonchev–Trinajstić information content (AvgIpc) is 2.37. The van der Waals surface area contributed by atoms with Crippen LogP contribution in [0.5, 0.6) is 0 Å². The van der Waals surface area contributed by atoms with Crippen LogP contribution in [0, 0.1) is 0 Å². The predicted molar refractivity (Wildman–Crippen MR) is 65.5 cm³/mol. The molecule has 0 amide bonds. The number of hydrogen-bond acceptors (Lipinski definition) is 6. The monoisotopic (exact) mass is 261 g/mol. The maximum atomic E-state index is 11.1. The third-order valence-corrected chi connectivity index (χ3v) is 2.71. The first kappa shape index (κ1) is 15.4. The number of carbonyl (C=O) groups excluding carboxylic acids is 1. The summed E-state index contributed by atoms with van der Waals surface area (Å²) < 4.78 is 20.8. The van der Waals surface area contributed by atoms with Gasteiger partial charge >= 0.3 is 5.97 Å². The number of rotatable bonds is 3. The van der Waals surface area contributed by atoms with Gasteiger partial charge in [0.05, 0.1) is 53.2 Å². The summed E-state index contributed by atoms with van der Waals surface area (Å²) in [6, 6.07) is 0. The van der Waals surface area contributed by atoms with Gasteiger partial charge in [0.15, 0.2) is 0 Å². The minimum Gasteiger partial charge on any atom is -0.469 e. The Kier molecular flexibility index (Phi) is 8.75. The van der Waals surface area contributed by atoms with Crippen molar-refractivity contribution in [1.82, 2.24) is 4.90 Å². The fourth-order valence-electron chi connectivity index (χ4n) is 1.62. The van der Waals surface area contributed by atoms with Gasteiger partial charge in [-0.05, 0) is 0 Å². The van der Waals surface area contributed by atoms with Crippen LogP contribution in [0.1, 0.15) is 6.42 Å². The van der Waals surface area contributed by atoms with E-state index in [9.17, 15) is 4.79 Å². The standard InChI is InChI=1S/C12H23NO5/c1-15-12(14)2-3-13-4-6-16-8-10-18-11-9-17-7-5-13/h2-11H2,1H3. The van der Waals surface area contributed by atoms with Crippen LogP contribution in [0.25, 0.3) is 0 Å². The van der Waals surface area contributed by atoms with Gasteiger partial charge in [-0.2, -0.15) is 0 Å². The van der Waals surface area contributed by atoms with Crippen LogP contribution >= 0.6 is 0 Å². The second-order valence-electron chi connectivity index (χ2n) is 4.00. The zero-order valence-corrected chi connectivity index (χ0v) is 11.1. The molecule has 0 aliphatic carbocycles. The summed E-state index contributed by atoms with van der Waals surface area (Å²) in [6.07, 6.45) is 0.402. The maximum Gasteiger partial charge on any atom is 0.306 e. The third-order valence-electron chi connectivity index (χ3n) is 2.71. The van der Waals surface area contributed by atoms with E-state index in [4.69, 9.17) is 14.2 Å². The molecule has 0 N–H and O–H groups in total. The van der Waals surface area contributed by atoms with Crippen LogP contribution in [0.15, 0.2) is 0 Å². The number of nitrogens with zero attached hydrogens (tertiary/aromatic N) is 1. The van der Waals surface area contributed by atoms with E-state index in [2.05, 4.69) is 9.64 Å². The Labute approximate surface area is 108 Å². The second-order valence-corrected chi connectivity index (χ2v) is 4.00. The van der Waals surface area contributed by atoms with E-state index in [0.717, 1.165) is 13.1 Å². The van der Waals surface area contributed by atoms with Crippen molar-refractivity contribution in [2.45, 2.75) is 6.42 Å². The van der Waals surface area contributed by atoms with Gasteiger partial charge in [0.25, 0.3) is 0 Å². The normalized spacial score (nSPS) is 20.7. The number of carbonyl (C=O) groups is 1. The zero-order valence-electron chi connectivity index (χ0n) is 11.1. The minimum atomic E-state index is -0.184. The first-order chi connectivity index (χ1) is 8.83. The summed E-state index contributed by atoms with van der Waals surface area (Å²) in [4.78, 5) is 13.3. The lowest BCUT2D eigenvalue weighted by Gasteiger charge is -2.22. The molecule has 0 spiro atoms. The van der Waals surface area contributed by atoms with Gasteiger partial charge in [0.1, 0.15) is 0 Å². The Hall–Kier alpha value is -0.690. The van der Waals surface area contributed by atoms with Gasteiger partial charge in [0, 0.05) is 19.6 Å². The number of hydrogen-bond donors (Lipinski definition) is 0. The van der Waals surface area contributed by atoms with E-state index in [-0.39, 0.29) is 5.97 Å². The number of esters is 1. The molecule has 18 heavy (non-hydrogen) atoms. The average molecular weight is 261 g/mol. The summed E-state index contributed by atoms with van der Waals surface area (Å²) in [7, 11) is 1.41. The smallest absolute Gasteiger partial charge is 0.306 e. The SMILES string of the molecule is COC(=O)CCN1CCOCCOCCOCC1. The van der Waals surface area contributed by atoms with Gasteiger partial charge in [-0.15, -0.1) is 0 Å². The fourth-order valence-corrected chi connectivity index (χ4v) is 1.62. The van der Waals surface area contributed by atoms with Crippen LogP contribution in [-0.4, -0.2) is 77.3 Å². The summed E-state index contributed by atoms with van der Waals surface area (Å²) in [5.41, 5.74) is 0. The van der Waals surface area contributed by atoms with Crippen molar-refractivity contribution in [2.24, 2.45) is 0 Å². The van der Waals surface area contributed by atoms with E-state index in [1.807, 2.05) is 0 Å². The molecule has 0 radical (unpaired) electrons. The molecule has 0 atom stereocenters. The molecule has 1 fully saturated rings. The summed E-state index contributed by atoms with van der Waals surface area (Å²) in [5, 5.41) is 0. The second kappa shape index (κ2) is 10.3. The van der Waals surface area contributed by atoms with Gasteiger partial charge in [-0.3, -0.25) is 9.69 Å². The molecule has 0 unspecified atom stereocenters. The maximum absolute atomic E-state index is 11.1. The molecule has 1 rings (SSSR count). The Morgan fingerprint density at radius 3 is 2.00 bits per heavy atom. The van der Waals surface area contributed by atoms with Crippen molar-refractivity contribution >= 4 is 5.97 Å². The molecule has 0 aromatic carbocycles. The lowest BCUT2D eigenvalue weighted by Crippen LogP contribution is -2.34. The molecule has 0 bridgehead atoms.